The molecule has 9 atom stereocenters. The van der Waals surface area contributed by atoms with Gasteiger partial charge in [0.1, 0.15) is 0 Å². The molecule has 0 radical (unpaired) electrons. The summed E-state index contributed by atoms with van der Waals surface area (Å²) >= 11 is 0. The fraction of sp³-hybridized carbons (Fsp3) is 0.862. The lowest BCUT2D eigenvalue weighted by Crippen LogP contribution is -2.66. The Bertz CT molecular complexity index is 919. The molecule has 0 bridgehead atoms. The maximum atomic E-state index is 14.1. The minimum atomic E-state index is -0.674. The molecule has 0 aromatic rings. The average molecular weight is 457 g/mol. The normalized spacial score (nSPS) is 53.1. The van der Waals surface area contributed by atoms with E-state index in [1.165, 1.54) is 5.57 Å². The maximum Gasteiger partial charge on any atom is 0.306 e. The van der Waals surface area contributed by atoms with Gasteiger partial charge in [-0.1, -0.05) is 47.1 Å². The summed E-state index contributed by atoms with van der Waals surface area (Å²) in [6, 6.07) is 0. The van der Waals surface area contributed by atoms with E-state index < -0.39 is 5.97 Å². The summed E-state index contributed by atoms with van der Waals surface area (Å²) in [6.45, 7) is 13.9. The molecule has 4 nitrogen and oxygen atoms in total. The van der Waals surface area contributed by atoms with Gasteiger partial charge in [-0.3, -0.25) is 9.59 Å². The number of ketones is 1. The van der Waals surface area contributed by atoms with Crippen molar-refractivity contribution in [2.75, 3.05) is 0 Å². The molecule has 0 saturated heterocycles. The van der Waals surface area contributed by atoms with Crippen molar-refractivity contribution in [1.82, 2.24) is 0 Å². The Morgan fingerprint density at radius 3 is 2.30 bits per heavy atom. The smallest absolute Gasteiger partial charge is 0.306 e. The van der Waals surface area contributed by atoms with E-state index in [2.05, 4.69) is 41.5 Å². The second kappa shape index (κ2) is 6.95. The molecule has 4 heteroatoms. The number of carbonyl (C=O) groups excluding carboxylic acids is 1. The number of carboxylic acid groups (broad SMARTS) is 1. The second-order valence-electron chi connectivity index (χ2n) is 14.2. The van der Waals surface area contributed by atoms with Crippen LogP contribution in [0.1, 0.15) is 99.3 Å². The number of rotatable bonds is 1. The predicted molar refractivity (Wildman–Crippen MR) is 128 cm³/mol. The summed E-state index contributed by atoms with van der Waals surface area (Å²) in [7, 11) is 0. The van der Waals surface area contributed by atoms with E-state index in [4.69, 9.17) is 0 Å². The molecule has 184 valence electrons. The van der Waals surface area contributed by atoms with Gasteiger partial charge in [-0.25, -0.2) is 0 Å². The van der Waals surface area contributed by atoms with Crippen LogP contribution >= 0.6 is 0 Å². The highest BCUT2D eigenvalue weighted by Gasteiger charge is 2.69. The minimum Gasteiger partial charge on any atom is -0.481 e. The fourth-order valence-corrected chi connectivity index (χ4v) is 10.2. The lowest BCUT2D eigenvalue weighted by atomic mass is 9.33. The SMILES string of the molecule is CC1(C)C2CC[C@]3(C)C(C(=O)C=C4[C@@H]5C[C@@H](C(=O)O)CC[C@]5(C)CC[C@]43C)[C@@]2(C)CC[C@@H]1O. The lowest BCUT2D eigenvalue weighted by molar-refractivity contribution is -0.201. The van der Waals surface area contributed by atoms with Gasteiger partial charge in [0, 0.05) is 5.92 Å². The molecule has 5 aliphatic carbocycles. The van der Waals surface area contributed by atoms with Crippen LogP contribution in [0.4, 0.5) is 0 Å². The summed E-state index contributed by atoms with van der Waals surface area (Å²) < 4.78 is 0. The van der Waals surface area contributed by atoms with Crippen molar-refractivity contribution in [2.24, 2.45) is 50.7 Å². The molecule has 5 rings (SSSR count). The van der Waals surface area contributed by atoms with Crippen LogP contribution in [0.5, 0.6) is 0 Å². The van der Waals surface area contributed by atoms with Gasteiger partial charge in [-0.05, 0) is 103 Å². The first-order valence-corrected chi connectivity index (χ1v) is 13.4. The molecule has 0 aromatic heterocycles. The summed E-state index contributed by atoms with van der Waals surface area (Å²) in [5, 5.41) is 20.6. The first-order valence-electron chi connectivity index (χ1n) is 13.4. The molecule has 33 heavy (non-hydrogen) atoms. The topological polar surface area (TPSA) is 74.6 Å². The first-order chi connectivity index (χ1) is 15.2. The van der Waals surface area contributed by atoms with Gasteiger partial charge in [0.05, 0.1) is 12.0 Å². The first kappa shape index (κ1) is 23.6. The van der Waals surface area contributed by atoms with Gasteiger partial charge in [-0.2, -0.15) is 0 Å². The van der Waals surface area contributed by atoms with Crippen LogP contribution in [0.3, 0.4) is 0 Å². The van der Waals surface area contributed by atoms with Crippen molar-refractivity contribution in [3.05, 3.63) is 11.6 Å². The lowest BCUT2D eigenvalue weighted by Gasteiger charge is -2.70. The number of aliphatic carboxylic acids is 1. The maximum absolute atomic E-state index is 14.1. The third kappa shape index (κ3) is 2.85. The van der Waals surface area contributed by atoms with Gasteiger partial charge in [-0.15, -0.1) is 0 Å². The minimum absolute atomic E-state index is 0.0208. The predicted octanol–water partition coefficient (Wildman–Crippen LogP) is 6.02. The molecular weight excluding hydrogens is 412 g/mol. The third-order valence-electron chi connectivity index (χ3n) is 12.6. The molecule has 0 aliphatic heterocycles. The Hall–Kier alpha value is -1.16. The Labute approximate surface area is 199 Å². The number of aliphatic hydroxyl groups is 1. The van der Waals surface area contributed by atoms with Gasteiger partial charge in [0.25, 0.3) is 0 Å². The molecule has 5 aliphatic rings. The van der Waals surface area contributed by atoms with Crippen molar-refractivity contribution in [3.63, 3.8) is 0 Å². The number of aliphatic hydroxyl groups excluding tert-OH is 1. The van der Waals surface area contributed by atoms with Crippen LogP contribution in [0.25, 0.3) is 0 Å². The van der Waals surface area contributed by atoms with Crippen LogP contribution in [0.2, 0.25) is 0 Å². The van der Waals surface area contributed by atoms with Crippen LogP contribution in [-0.2, 0) is 9.59 Å². The summed E-state index contributed by atoms with van der Waals surface area (Å²) in [6.07, 6.45) is 10.1. The van der Waals surface area contributed by atoms with E-state index >= 15 is 0 Å². The molecule has 2 unspecified atom stereocenters. The van der Waals surface area contributed by atoms with Gasteiger partial charge in [0.15, 0.2) is 5.78 Å². The zero-order valence-corrected chi connectivity index (χ0v) is 21.5. The van der Waals surface area contributed by atoms with E-state index in [0.717, 1.165) is 51.4 Å². The largest absolute Gasteiger partial charge is 0.481 e. The van der Waals surface area contributed by atoms with Crippen molar-refractivity contribution in [2.45, 2.75) is 105 Å². The van der Waals surface area contributed by atoms with Crippen molar-refractivity contribution in [3.8, 4) is 0 Å². The molecular formula is C29H44O4. The summed E-state index contributed by atoms with van der Waals surface area (Å²) in [5.41, 5.74) is 0.929. The quantitative estimate of drug-likeness (QED) is 0.506. The van der Waals surface area contributed by atoms with E-state index in [-0.39, 0.29) is 56.7 Å². The molecule has 0 heterocycles. The van der Waals surface area contributed by atoms with E-state index in [1.807, 2.05) is 6.08 Å². The Morgan fingerprint density at radius 2 is 1.64 bits per heavy atom. The highest BCUT2D eigenvalue weighted by atomic mass is 16.4. The number of hydrogen-bond donors (Lipinski definition) is 2. The zero-order chi connectivity index (χ0) is 24.2. The third-order valence-corrected chi connectivity index (χ3v) is 12.6. The average Bonchev–Trinajstić information content (AvgIpc) is 2.72. The van der Waals surface area contributed by atoms with Gasteiger partial charge >= 0.3 is 5.97 Å². The van der Waals surface area contributed by atoms with Crippen LogP contribution in [0, 0.1) is 50.7 Å². The number of allylic oxidation sites excluding steroid dienone is 2. The highest BCUT2D eigenvalue weighted by molar-refractivity contribution is 5.95. The Morgan fingerprint density at radius 1 is 0.939 bits per heavy atom. The number of fused-ring (bicyclic) bond motifs is 7. The standard InChI is InChI=1S/C29H44O4/c1-25(2)21-8-12-29(6)23(27(21,4)11-9-22(25)31)20(30)16-19-18-15-17(24(32)33)7-10-26(18,3)13-14-28(19,29)5/h16-18,21-23,31H,7-15H2,1-6H3,(H,32,33)/t17-,18-,21?,22-,23?,26+,27-,28+,29+/m0/s1. The van der Waals surface area contributed by atoms with Crippen LogP contribution < -0.4 is 0 Å². The highest BCUT2D eigenvalue weighted by Crippen LogP contribution is 2.74. The molecule has 2 N–H and O–H groups in total. The van der Waals surface area contributed by atoms with Crippen molar-refractivity contribution >= 4 is 11.8 Å². The molecule has 0 spiro atoms. The van der Waals surface area contributed by atoms with Crippen LogP contribution in [0.15, 0.2) is 11.6 Å². The fourth-order valence-electron chi connectivity index (χ4n) is 10.2. The second-order valence-corrected chi connectivity index (χ2v) is 14.2. The Kier molecular flexibility index (Phi) is 4.97. The van der Waals surface area contributed by atoms with Crippen LogP contribution in [-0.4, -0.2) is 28.1 Å². The molecule has 0 aromatic carbocycles. The Balaban J connectivity index is 1.61. The number of carbonyl (C=O) groups is 2. The van der Waals surface area contributed by atoms with E-state index in [1.54, 1.807) is 0 Å². The summed E-state index contributed by atoms with van der Waals surface area (Å²) in [4.78, 5) is 26.0. The summed E-state index contributed by atoms with van der Waals surface area (Å²) in [5.74, 6) is -0.163. The molecule has 0 amide bonds. The van der Waals surface area contributed by atoms with Gasteiger partial charge in [0.2, 0.25) is 0 Å². The number of carboxylic acids is 1. The van der Waals surface area contributed by atoms with E-state index in [9.17, 15) is 19.8 Å². The monoisotopic (exact) mass is 456 g/mol. The van der Waals surface area contributed by atoms with Crippen molar-refractivity contribution in [1.29, 1.82) is 0 Å². The van der Waals surface area contributed by atoms with E-state index in [0.29, 0.717) is 12.3 Å². The van der Waals surface area contributed by atoms with Gasteiger partial charge < -0.3 is 10.2 Å². The molecule has 4 fully saturated rings. The van der Waals surface area contributed by atoms with Crippen molar-refractivity contribution < 1.29 is 19.8 Å². The zero-order valence-electron chi connectivity index (χ0n) is 21.5. The number of hydrogen-bond acceptors (Lipinski definition) is 3. The molecule has 4 saturated carbocycles.